The molecule has 2 aliphatic rings. The molecule has 1 saturated heterocycles. The average molecular weight is 421 g/mol. The largest absolute Gasteiger partial charge is 0.378 e. The number of guanidine groups is 2. The Balaban J connectivity index is 1.62. The van der Waals surface area contributed by atoms with Crippen LogP contribution in [0, 0.1) is 6.92 Å². The number of nitrogens with zero attached hydrogens (tertiary/aromatic N) is 4. The maximum atomic E-state index is 6.16. The number of aryl methyl sites for hydroxylation is 2. The Morgan fingerprint density at radius 3 is 2.45 bits per heavy atom. The maximum absolute atomic E-state index is 6.16. The van der Waals surface area contributed by atoms with Gasteiger partial charge in [0.15, 0.2) is 0 Å². The molecule has 2 aromatic rings. The Hall–Kier alpha value is -3.06. The van der Waals surface area contributed by atoms with Gasteiger partial charge >= 0.3 is 0 Å². The van der Waals surface area contributed by atoms with E-state index in [2.05, 4.69) is 87.5 Å². The molecule has 0 aromatic heterocycles. The lowest BCUT2D eigenvalue weighted by molar-refractivity contribution is 0.0671. The number of nitrogens with two attached hydrogens (primary N) is 1. The van der Waals surface area contributed by atoms with Gasteiger partial charge in [-0.15, -0.1) is 0 Å². The summed E-state index contributed by atoms with van der Waals surface area (Å²) in [6.45, 7) is 7.20. The summed E-state index contributed by atoms with van der Waals surface area (Å²) >= 11 is 0. The molecule has 0 bridgehead atoms. The SMILES string of the molecule is CCCCc1ccc(NC2N=C(N)N=C(N3CCOCC3)N2c2ccc(C)cc2)cc1. The smallest absolute Gasteiger partial charge is 0.222 e. The van der Waals surface area contributed by atoms with Gasteiger partial charge in [0.2, 0.25) is 18.2 Å². The maximum Gasteiger partial charge on any atom is 0.222 e. The molecule has 3 N–H and O–H groups in total. The van der Waals surface area contributed by atoms with E-state index < -0.39 is 0 Å². The van der Waals surface area contributed by atoms with Crippen LogP contribution in [0.4, 0.5) is 11.4 Å². The van der Waals surface area contributed by atoms with Gasteiger partial charge in [-0.2, -0.15) is 4.99 Å². The molecule has 0 aliphatic carbocycles. The Labute approximate surface area is 184 Å². The summed E-state index contributed by atoms with van der Waals surface area (Å²) in [5, 5.41) is 3.55. The highest BCUT2D eigenvalue weighted by molar-refractivity contribution is 6.06. The topological polar surface area (TPSA) is 78.5 Å². The van der Waals surface area contributed by atoms with Gasteiger partial charge in [0.1, 0.15) is 0 Å². The Morgan fingerprint density at radius 2 is 1.77 bits per heavy atom. The minimum absolute atomic E-state index is 0.280. The third-order valence-corrected chi connectivity index (χ3v) is 5.60. The third kappa shape index (κ3) is 5.17. The zero-order valence-electron chi connectivity index (χ0n) is 18.4. The lowest BCUT2D eigenvalue weighted by Crippen LogP contribution is -2.57. The molecule has 1 unspecified atom stereocenters. The molecule has 2 heterocycles. The van der Waals surface area contributed by atoms with Crippen LogP contribution in [-0.2, 0) is 11.2 Å². The number of benzene rings is 2. The molecule has 7 nitrogen and oxygen atoms in total. The molecule has 0 radical (unpaired) electrons. The van der Waals surface area contributed by atoms with E-state index >= 15 is 0 Å². The van der Waals surface area contributed by atoms with Crippen molar-refractivity contribution in [2.24, 2.45) is 15.7 Å². The van der Waals surface area contributed by atoms with Crippen LogP contribution in [0.2, 0.25) is 0 Å². The number of nitrogens with one attached hydrogen (secondary N) is 1. The summed E-state index contributed by atoms with van der Waals surface area (Å²) in [4.78, 5) is 13.6. The second-order valence-corrected chi connectivity index (χ2v) is 8.02. The van der Waals surface area contributed by atoms with Gasteiger partial charge < -0.3 is 20.7 Å². The molecule has 1 fully saturated rings. The summed E-state index contributed by atoms with van der Waals surface area (Å²) in [6.07, 6.45) is 3.12. The van der Waals surface area contributed by atoms with Crippen molar-refractivity contribution in [1.82, 2.24) is 4.90 Å². The second-order valence-electron chi connectivity index (χ2n) is 8.02. The molecule has 2 aliphatic heterocycles. The first-order valence-electron chi connectivity index (χ1n) is 11.1. The standard InChI is InChI=1S/C24H32N6O/c1-3-4-5-19-8-10-20(11-9-19)26-23-27-22(25)28-24(29-14-16-31-17-15-29)30(23)21-12-6-18(2)7-13-21/h6-13,23,26H,3-5,14-17H2,1-2H3,(H2,25,27). The molecule has 1 atom stereocenters. The van der Waals surface area contributed by atoms with E-state index in [1.807, 2.05) is 0 Å². The Kier molecular flexibility index (Phi) is 6.72. The van der Waals surface area contributed by atoms with Crippen LogP contribution < -0.4 is 16.0 Å². The number of ether oxygens (including phenoxy) is 1. The van der Waals surface area contributed by atoms with Crippen molar-refractivity contribution in [2.45, 2.75) is 39.4 Å². The van der Waals surface area contributed by atoms with Crippen LogP contribution in [0.3, 0.4) is 0 Å². The molecule has 0 amide bonds. The predicted molar refractivity (Wildman–Crippen MR) is 128 cm³/mol. The van der Waals surface area contributed by atoms with E-state index in [0.717, 1.165) is 36.8 Å². The molecular formula is C24H32N6O. The summed E-state index contributed by atoms with van der Waals surface area (Å²) in [5.41, 5.74) is 10.7. The molecule has 164 valence electrons. The molecule has 7 heteroatoms. The number of unbranched alkanes of at least 4 members (excludes halogenated alkanes) is 1. The number of hydrogen-bond donors (Lipinski definition) is 2. The summed E-state index contributed by atoms with van der Waals surface area (Å²) in [7, 11) is 0. The fourth-order valence-corrected chi connectivity index (χ4v) is 3.82. The zero-order valence-corrected chi connectivity index (χ0v) is 18.4. The van der Waals surface area contributed by atoms with Gasteiger partial charge in [-0.25, -0.2) is 4.99 Å². The van der Waals surface area contributed by atoms with Crippen LogP contribution in [-0.4, -0.2) is 49.4 Å². The van der Waals surface area contributed by atoms with Gasteiger partial charge in [0.25, 0.3) is 0 Å². The molecular weight excluding hydrogens is 388 g/mol. The quantitative estimate of drug-likeness (QED) is 0.747. The number of rotatable bonds is 6. The van der Waals surface area contributed by atoms with Crippen molar-refractivity contribution >= 4 is 23.3 Å². The van der Waals surface area contributed by atoms with Crippen LogP contribution in [0.15, 0.2) is 58.5 Å². The van der Waals surface area contributed by atoms with E-state index in [9.17, 15) is 0 Å². The summed E-state index contributed by atoms with van der Waals surface area (Å²) < 4.78 is 5.54. The monoisotopic (exact) mass is 420 g/mol. The number of anilines is 2. The van der Waals surface area contributed by atoms with Gasteiger partial charge in [-0.1, -0.05) is 43.2 Å². The Morgan fingerprint density at radius 1 is 1.06 bits per heavy atom. The van der Waals surface area contributed by atoms with Crippen molar-refractivity contribution < 1.29 is 4.74 Å². The van der Waals surface area contributed by atoms with E-state index in [0.29, 0.717) is 13.2 Å². The van der Waals surface area contributed by atoms with E-state index in [1.165, 1.54) is 24.0 Å². The van der Waals surface area contributed by atoms with Crippen molar-refractivity contribution in [1.29, 1.82) is 0 Å². The van der Waals surface area contributed by atoms with E-state index in [-0.39, 0.29) is 12.2 Å². The average Bonchev–Trinajstić information content (AvgIpc) is 2.80. The number of aliphatic imine (C=N–C) groups is 2. The predicted octanol–water partition coefficient (Wildman–Crippen LogP) is 3.56. The number of hydrogen-bond acceptors (Lipinski definition) is 7. The fourth-order valence-electron chi connectivity index (χ4n) is 3.82. The highest BCUT2D eigenvalue weighted by Crippen LogP contribution is 2.25. The highest BCUT2D eigenvalue weighted by Gasteiger charge is 2.32. The van der Waals surface area contributed by atoms with Gasteiger partial charge in [0.05, 0.1) is 13.2 Å². The van der Waals surface area contributed by atoms with Crippen molar-refractivity contribution in [3.8, 4) is 0 Å². The van der Waals surface area contributed by atoms with Crippen LogP contribution in [0.5, 0.6) is 0 Å². The lowest BCUT2D eigenvalue weighted by atomic mass is 10.1. The van der Waals surface area contributed by atoms with Gasteiger partial charge in [0, 0.05) is 24.5 Å². The molecule has 0 spiro atoms. The third-order valence-electron chi connectivity index (χ3n) is 5.60. The van der Waals surface area contributed by atoms with Crippen molar-refractivity contribution in [3.63, 3.8) is 0 Å². The molecule has 2 aromatic carbocycles. The minimum Gasteiger partial charge on any atom is -0.378 e. The number of morpholine rings is 1. The summed E-state index contributed by atoms with van der Waals surface area (Å²) in [6, 6.07) is 17.0. The van der Waals surface area contributed by atoms with Crippen LogP contribution in [0.25, 0.3) is 0 Å². The van der Waals surface area contributed by atoms with Crippen molar-refractivity contribution in [2.75, 3.05) is 36.5 Å². The summed E-state index contributed by atoms with van der Waals surface area (Å²) in [5.74, 6) is 1.08. The molecule has 0 saturated carbocycles. The van der Waals surface area contributed by atoms with Crippen LogP contribution in [0.1, 0.15) is 30.9 Å². The highest BCUT2D eigenvalue weighted by atomic mass is 16.5. The normalized spacial score (nSPS) is 19.1. The van der Waals surface area contributed by atoms with E-state index in [1.54, 1.807) is 0 Å². The molecule has 4 rings (SSSR count). The first-order valence-corrected chi connectivity index (χ1v) is 11.1. The first kappa shape index (κ1) is 21.2. The van der Waals surface area contributed by atoms with E-state index in [4.69, 9.17) is 10.5 Å². The first-order chi connectivity index (χ1) is 15.1. The molecule has 31 heavy (non-hydrogen) atoms. The zero-order chi connectivity index (χ0) is 21.6. The van der Waals surface area contributed by atoms with Gasteiger partial charge in [-0.3, -0.25) is 4.90 Å². The van der Waals surface area contributed by atoms with Crippen LogP contribution >= 0.6 is 0 Å². The minimum atomic E-state index is -0.389. The lowest BCUT2D eigenvalue weighted by Gasteiger charge is -2.41. The van der Waals surface area contributed by atoms with Gasteiger partial charge in [-0.05, 0) is 49.6 Å². The Bertz CT molecular complexity index is 916. The van der Waals surface area contributed by atoms with Crippen molar-refractivity contribution in [3.05, 3.63) is 59.7 Å². The second kappa shape index (κ2) is 9.83. The fraction of sp³-hybridized carbons (Fsp3) is 0.417.